The number of halogens is 2. The van der Waals surface area contributed by atoms with Gasteiger partial charge in [0.2, 0.25) is 0 Å². The molecule has 0 bridgehead atoms. The number of hydrogen-bond acceptors (Lipinski definition) is 3. The Morgan fingerprint density at radius 1 is 0.821 bits per heavy atom. The zero-order chi connectivity index (χ0) is 19.8. The van der Waals surface area contributed by atoms with Crippen molar-refractivity contribution >= 4 is 0 Å². The quantitative estimate of drug-likeness (QED) is 0.594. The molecule has 3 aromatic rings. The molecule has 0 heterocycles. The third-order valence-electron chi connectivity index (χ3n) is 4.33. The van der Waals surface area contributed by atoms with Gasteiger partial charge in [-0.05, 0) is 35.9 Å². The standard InChI is InChI=1S/C23H23F2NO2/c24-20-12-10-18(11-13-20)14-26(15-19-6-4-5-9-23(19)25)16-21(27)17-28-22-7-2-1-3-8-22/h1-13,21,27H,14-17H2. The van der Waals surface area contributed by atoms with E-state index in [-0.39, 0.29) is 18.2 Å². The fraction of sp³-hybridized carbons (Fsp3) is 0.217. The van der Waals surface area contributed by atoms with Gasteiger partial charge in [0.05, 0.1) is 0 Å². The summed E-state index contributed by atoms with van der Waals surface area (Å²) in [6.45, 7) is 1.20. The van der Waals surface area contributed by atoms with Gasteiger partial charge in [-0.3, -0.25) is 4.90 Å². The zero-order valence-electron chi connectivity index (χ0n) is 15.5. The maximum absolute atomic E-state index is 14.1. The highest BCUT2D eigenvalue weighted by atomic mass is 19.1. The van der Waals surface area contributed by atoms with Gasteiger partial charge in [-0.2, -0.15) is 0 Å². The van der Waals surface area contributed by atoms with Crippen molar-refractivity contribution in [3.05, 3.63) is 102 Å². The van der Waals surface area contributed by atoms with Crippen LogP contribution < -0.4 is 4.74 Å². The molecule has 1 unspecified atom stereocenters. The topological polar surface area (TPSA) is 32.7 Å². The molecule has 1 N–H and O–H groups in total. The van der Waals surface area contributed by atoms with Gasteiger partial charge < -0.3 is 9.84 Å². The first-order valence-corrected chi connectivity index (χ1v) is 9.16. The molecule has 3 nitrogen and oxygen atoms in total. The van der Waals surface area contributed by atoms with Crippen molar-refractivity contribution in [2.45, 2.75) is 19.2 Å². The van der Waals surface area contributed by atoms with Crippen LogP contribution in [0.25, 0.3) is 0 Å². The molecule has 28 heavy (non-hydrogen) atoms. The van der Waals surface area contributed by atoms with Gasteiger partial charge in [0, 0.05) is 25.2 Å². The number of nitrogens with zero attached hydrogens (tertiary/aromatic N) is 1. The van der Waals surface area contributed by atoms with E-state index in [9.17, 15) is 13.9 Å². The van der Waals surface area contributed by atoms with Crippen molar-refractivity contribution in [2.75, 3.05) is 13.2 Å². The molecule has 3 aromatic carbocycles. The van der Waals surface area contributed by atoms with Gasteiger partial charge in [-0.1, -0.05) is 48.5 Å². The van der Waals surface area contributed by atoms with E-state index < -0.39 is 6.10 Å². The average molecular weight is 383 g/mol. The fourth-order valence-electron chi connectivity index (χ4n) is 2.96. The molecule has 146 valence electrons. The summed E-state index contributed by atoms with van der Waals surface area (Å²) in [6, 6.07) is 22.0. The highest BCUT2D eigenvalue weighted by molar-refractivity contribution is 5.21. The van der Waals surface area contributed by atoms with Crippen molar-refractivity contribution in [1.82, 2.24) is 4.90 Å². The number of benzene rings is 3. The largest absolute Gasteiger partial charge is 0.491 e. The van der Waals surface area contributed by atoms with Crippen LogP contribution in [0.5, 0.6) is 5.75 Å². The van der Waals surface area contributed by atoms with Crippen LogP contribution in [0.15, 0.2) is 78.9 Å². The summed E-state index contributed by atoms with van der Waals surface area (Å²) in [5.74, 6) is 0.0862. The first-order valence-electron chi connectivity index (χ1n) is 9.16. The minimum atomic E-state index is -0.757. The predicted molar refractivity (Wildman–Crippen MR) is 105 cm³/mol. The summed E-state index contributed by atoms with van der Waals surface area (Å²) in [6.07, 6.45) is -0.757. The van der Waals surface area contributed by atoms with Crippen LogP contribution >= 0.6 is 0 Å². The summed E-state index contributed by atoms with van der Waals surface area (Å²) in [4.78, 5) is 1.92. The Morgan fingerprint density at radius 3 is 2.21 bits per heavy atom. The maximum Gasteiger partial charge on any atom is 0.127 e. The summed E-state index contributed by atoms with van der Waals surface area (Å²) in [5, 5.41) is 10.4. The Hall–Kier alpha value is -2.76. The Labute approximate surface area is 163 Å². The molecular weight excluding hydrogens is 360 g/mol. The van der Waals surface area contributed by atoms with Crippen molar-refractivity contribution in [3.8, 4) is 5.75 Å². The van der Waals surface area contributed by atoms with Crippen LogP contribution in [0.1, 0.15) is 11.1 Å². The molecule has 0 radical (unpaired) electrons. The van der Waals surface area contributed by atoms with E-state index in [1.54, 1.807) is 30.3 Å². The lowest BCUT2D eigenvalue weighted by Gasteiger charge is -2.25. The second-order valence-corrected chi connectivity index (χ2v) is 6.67. The van der Waals surface area contributed by atoms with Gasteiger partial charge >= 0.3 is 0 Å². The van der Waals surface area contributed by atoms with Crippen LogP contribution in [0.2, 0.25) is 0 Å². The molecule has 1 atom stereocenters. The average Bonchev–Trinajstić information content (AvgIpc) is 2.71. The molecule has 0 aromatic heterocycles. The minimum Gasteiger partial charge on any atom is -0.491 e. The lowest BCUT2D eigenvalue weighted by molar-refractivity contribution is 0.0624. The first kappa shape index (κ1) is 20.0. The number of rotatable bonds is 9. The smallest absolute Gasteiger partial charge is 0.127 e. The van der Waals surface area contributed by atoms with Gasteiger partial charge in [0.15, 0.2) is 0 Å². The molecule has 3 rings (SSSR count). The van der Waals surface area contributed by atoms with Gasteiger partial charge in [-0.25, -0.2) is 8.78 Å². The van der Waals surface area contributed by atoms with Crippen molar-refractivity contribution in [3.63, 3.8) is 0 Å². The van der Waals surface area contributed by atoms with Gasteiger partial charge in [-0.15, -0.1) is 0 Å². The highest BCUT2D eigenvalue weighted by Crippen LogP contribution is 2.15. The summed E-state index contributed by atoms with van der Waals surface area (Å²) < 4.78 is 32.9. The van der Waals surface area contributed by atoms with Crippen LogP contribution in [-0.2, 0) is 13.1 Å². The Morgan fingerprint density at radius 2 is 1.50 bits per heavy atom. The molecular formula is C23H23F2NO2. The van der Waals surface area contributed by atoms with E-state index in [2.05, 4.69) is 0 Å². The Bertz CT molecular complexity index is 856. The molecule has 0 fully saturated rings. The highest BCUT2D eigenvalue weighted by Gasteiger charge is 2.15. The fourth-order valence-corrected chi connectivity index (χ4v) is 2.96. The van der Waals surface area contributed by atoms with E-state index in [4.69, 9.17) is 4.74 Å². The number of ether oxygens (including phenoxy) is 1. The Balaban J connectivity index is 1.65. The second kappa shape index (κ2) is 9.97. The predicted octanol–water partition coefficient (Wildman–Crippen LogP) is 4.41. The molecule has 0 saturated carbocycles. The lowest BCUT2D eigenvalue weighted by Crippen LogP contribution is -2.35. The Kier molecular flexibility index (Phi) is 7.12. The SMILES string of the molecule is OC(COc1ccccc1)CN(Cc1ccc(F)cc1)Cc1ccccc1F. The number of aliphatic hydroxyl groups is 1. The molecule has 5 heteroatoms. The van der Waals surface area contributed by atoms with Crippen molar-refractivity contribution < 1.29 is 18.6 Å². The minimum absolute atomic E-state index is 0.126. The van der Waals surface area contributed by atoms with E-state index in [0.29, 0.717) is 30.9 Å². The third kappa shape index (κ3) is 6.15. The van der Waals surface area contributed by atoms with Crippen molar-refractivity contribution in [1.29, 1.82) is 0 Å². The van der Waals surface area contributed by atoms with Crippen molar-refractivity contribution in [2.24, 2.45) is 0 Å². The van der Waals surface area contributed by atoms with Gasteiger partial charge in [0.1, 0.15) is 30.1 Å². The van der Waals surface area contributed by atoms with Crippen LogP contribution in [0.3, 0.4) is 0 Å². The lowest BCUT2D eigenvalue weighted by atomic mass is 10.1. The zero-order valence-corrected chi connectivity index (χ0v) is 15.5. The monoisotopic (exact) mass is 383 g/mol. The summed E-state index contributed by atoms with van der Waals surface area (Å²) in [5.41, 5.74) is 1.43. The molecule has 0 spiro atoms. The third-order valence-corrected chi connectivity index (χ3v) is 4.33. The molecule has 0 saturated heterocycles. The number of para-hydroxylation sites is 1. The van der Waals surface area contributed by atoms with Crippen LogP contribution in [0.4, 0.5) is 8.78 Å². The van der Waals surface area contributed by atoms with E-state index in [1.807, 2.05) is 35.2 Å². The van der Waals surface area contributed by atoms with Crippen LogP contribution in [-0.4, -0.2) is 29.3 Å². The van der Waals surface area contributed by atoms with Crippen LogP contribution in [0, 0.1) is 11.6 Å². The van der Waals surface area contributed by atoms with E-state index >= 15 is 0 Å². The second-order valence-electron chi connectivity index (χ2n) is 6.67. The maximum atomic E-state index is 14.1. The molecule has 0 aliphatic rings. The van der Waals surface area contributed by atoms with E-state index in [1.165, 1.54) is 18.2 Å². The first-order chi connectivity index (χ1) is 13.6. The normalized spacial score (nSPS) is 12.1. The molecule has 0 aliphatic heterocycles. The number of aliphatic hydroxyl groups excluding tert-OH is 1. The summed E-state index contributed by atoms with van der Waals surface area (Å²) >= 11 is 0. The van der Waals surface area contributed by atoms with Gasteiger partial charge in [0.25, 0.3) is 0 Å². The van der Waals surface area contributed by atoms with E-state index in [0.717, 1.165) is 5.56 Å². The molecule has 0 amide bonds. The number of hydrogen-bond donors (Lipinski definition) is 1. The summed E-state index contributed by atoms with van der Waals surface area (Å²) in [7, 11) is 0. The molecule has 0 aliphatic carbocycles.